The molecule has 1 aromatic carbocycles. The molecule has 0 spiro atoms. The average Bonchev–Trinajstić information content (AvgIpc) is 2.96. The summed E-state index contributed by atoms with van der Waals surface area (Å²) < 4.78 is 40.5. The first-order valence-corrected chi connectivity index (χ1v) is 8.02. The smallest absolute Gasteiger partial charge is 0.327 e. The maximum atomic E-state index is 12.9. The van der Waals surface area contributed by atoms with Crippen LogP contribution >= 0.6 is 0 Å². The quantitative estimate of drug-likeness (QED) is 0.499. The summed E-state index contributed by atoms with van der Waals surface area (Å²) >= 11 is 0. The molecular weight excluding hydrogens is 355 g/mol. The molecule has 4 nitrogen and oxygen atoms in total. The minimum Gasteiger partial charge on any atom is -0.327 e. The molecule has 0 bridgehead atoms. The lowest BCUT2D eigenvalue weighted by Crippen LogP contribution is -2.06. The van der Waals surface area contributed by atoms with Crippen molar-refractivity contribution in [2.75, 3.05) is 0 Å². The number of allylic oxidation sites excluding steroid dienone is 1. The summed E-state index contributed by atoms with van der Waals surface area (Å²) in [5, 5.41) is 9.82. The second-order valence-corrected chi connectivity index (χ2v) is 6.01. The van der Waals surface area contributed by atoms with Gasteiger partial charge in [0, 0.05) is 29.9 Å². The molecule has 0 radical (unpaired) electrons. The van der Waals surface area contributed by atoms with Gasteiger partial charge >= 0.3 is 6.18 Å². The Bertz CT molecular complexity index is 1090. The molecule has 136 valence electrons. The lowest BCUT2D eigenvalue weighted by atomic mass is 10.1. The molecule has 0 saturated heterocycles. The molecule has 0 unspecified atom stereocenters. The Morgan fingerprint density at radius 2 is 2.07 bits per heavy atom. The van der Waals surface area contributed by atoms with Gasteiger partial charge in [-0.1, -0.05) is 12.1 Å². The van der Waals surface area contributed by atoms with Crippen LogP contribution in [0, 0.1) is 11.3 Å². The van der Waals surface area contributed by atoms with Crippen LogP contribution in [0.2, 0.25) is 0 Å². The number of hydrogen-bond donors (Lipinski definition) is 0. The molecule has 0 amide bonds. The van der Waals surface area contributed by atoms with E-state index in [1.807, 2.05) is 6.07 Å². The zero-order chi connectivity index (χ0) is 19.6. The monoisotopic (exact) mass is 369 g/mol. The van der Waals surface area contributed by atoms with E-state index < -0.39 is 11.7 Å². The first-order valence-electron chi connectivity index (χ1n) is 8.02. The fourth-order valence-corrected chi connectivity index (χ4v) is 2.80. The van der Waals surface area contributed by atoms with E-state index in [0.29, 0.717) is 22.2 Å². The molecular formula is C20H14F3N3O. The summed E-state index contributed by atoms with van der Waals surface area (Å²) in [7, 11) is 0. The van der Waals surface area contributed by atoms with Crippen molar-refractivity contribution in [3.8, 4) is 6.07 Å². The van der Waals surface area contributed by atoms with Crippen molar-refractivity contribution in [1.29, 1.82) is 5.26 Å². The number of carbonyl (C=O) groups excluding carboxylic acids is 1. The maximum absolute atomic E-state index is 12.9. The number of halogens is 3. The Morgan fingerprint density at radius 3 is 2.74 bits per heavy atom. The van der Waals surface area contributed by atoms with Crippen molar-refractivity contribution in [3.05, 3.63) is 71.1 Å². The van der Waals surface area contributed by atoms with Crippen molar-refractivity contribution in [2.24, 2.45) is 0 Å². The molecule has 7 heteroatoms. The van der Waals surface area contributed by atoms with E-state index >= 15 is 0 Å². The van der Waals surface area contributed by atoms with Crippen molar-refractivity contribution >= 4 is 22.9 Å². The standard InChI is InChI=1S/C20H14F3N3O/c1-13(27)15(10-24)9-16-12-26(19-18(16)6-3-7-25-19)11-14-4-2-5-17(8-14)20(21,22)23/h2-9,12H,11H2,1H3/b15-9+. The number of aromatic nitrogens is 2. The van der Waals surface area contributed by atoms with Crippen molar-refractivity contribution in [1.82, 2.24) is 9.55 Å². The molecule has 0 N–H and O–H groups in total. The summed E-state index contributed by atoms with van der Waals surface area (Å²) in [6, 6.07) is 10.4. The summed E-state index contributed by atoms with van der Waals surface area (Å²) in [4.78, 5) is 15.8. The molecule has 0 atom stereocenters. The maximum Gasteiger partial charge on any atom is 0.416 e. The van der Waals surface area contributed by atoms with E-state index in [1.54, 1.807) is 35.2 Å². The highest BCUT2D eigenvalue weighted by Gasteiger charge is 2.30. The van der Waals surface area contributed by atoms with Crippen LogP contribution in [0.25, 0.3) is 17.1 Å². The number of rotatable bonds is 4. The van der Waals surface area contributed by atoms with Crippen LogP contribution in [-0.2, 0) is 17.5 Å². The molecule has 27 heavy (non-hydrogen) atoms. The number of benzene rings is 1. The van der Waals surface area contributed by atoms with Crippen LogP contribution in [0.5, 0.6) is 0 Å². The highest BCUT2D eigenvalue weighted by atomic mass is 19.4. The minimum atomic E-state index is -4.41. The van der Waals surface area contributed by atoms with E-state index in [1.165, 1.54) is 19.1 Å². The molecule has 0 aliphatic heterocycles. The molecule has 2 aromatic heterocycles. The lowest BCUT2D eigenvalue weighted by Gasteiger charge is -2.09. The zero-order valence-corrected chi connectivity index (χ0v) is 14.3. The first-order chi connectivity index (χ1) is 12.8. The van der Waals surface area contributed by atoms with Crippen molar-refractivity contribution in [2.45, 2.75) is 19.6 Å². The summed E-state index contributed by atoms with van der Waals surface area (Å²) in [6.07, 6.45) is 0.311. The number of nitriles is 1. The zero-order valence-electron chi connectivity index (χ0n) is 14.3. The van der Waals surface area contributed by atoms with Crippen LogP contribution in [0.1, 0.15) is 23.6 Å². The highest BCUT2D eigenvalue weighted by Crippen LogP contribution is 2.30. The number of carbonyl (C=O) groups is 1. The second kappa shape index (κ2) is 7.08. The average molecular weight is 369 g/mol. The van der Waals surface area contributed by atoms with Gasteiger partial charge in [-0.3, -0.25) is 4.79 Å². The Labute approximate surface area is 153 Å². The predicted octanol–water partition coefficient (Wildman–Crippen LogP) is 4.60. The fourth-order valence-electron chi connectivity index (χ4n) is 2.80. The first kappa shape index (κ1) is 18.4. The predicted molar refractivity (Wildman–Crippen MR) is 94.6 cm³/mol. The van der Waals surface area contributed by atoms with Gasteiger partial charge < -0.3 is 4.57 Å². The largest absolute Gasteiger partial charge is 0.416 e. The molecule has 0 aliphatic rings. The van der Waals surface area contributed by atoms with Crippen LogP contribution in [0.4, 0.5) is 13.2 Å². The number of pyridine rings is 1. The normalized spacial score (nSPS) is 12.2. The Balaban J connectivity index is 2.07. The Kier molecular flexibility index (Phi) is 4.82. The van der Waals surface area contributed by atoms with Crippen molar-refractivity contribution in [3.63, 3.8) is 0 Å². The van der Waals surface area contributed by atoms with Gasteiger partial charge in [-0.15, -0.1) is 0 Å². The number of Topliss-reactive ketones (excluding diaryl/α,β-unsaturated/α-hetero) is 1. The number of nitrogens with zero attached hydrogens (tertiary/aromatic N) is 3. The topological polar surface area (TPSA) is 58.7 Å². The third-order valence-corrected chi connectivity index (χ3v) is 4.07. The van der Waals surface area contributed by atoms with E-state index in [4.69, 9.17) is 5.26 Å². The molecule has 0 saturated carbocycles. The van der Waals surface area contributed by atoms with Gasteiger partial charge in [-0.2, -0.15) is 18.4 Å². The van der Waals surface area contributed by atoms with Gasteiger partial charge in [-0.05, 0) is 42.8 Å². The SMILES string of the molecule is CC(=O)/C(C#N)=C/c1cn(Cc2cccc(C(F)(F)F)c2)c2ncccc12. The third kappa shape index (κ3) is 3.90. The number of ketones is 1. The van der Waals surface area contributed by atoms with Crippen LogP contribution in [0.3, 0.4) is 0 Å². The molecule has 2 heterocycles. The van der Waals surface area contributed by atoms with Crippen molar-refractivity contribution < 1.29 is 18.0 Å². The molecule has 0 fully saturated rings. The van der Waals surface area contributed by atoms with Crippen LogP contribution in [-0.4, -0.2) is 15.3 Å². The lowest BCUT2D eigenvalue weighted by molar-refractivity contribution is -0.137. The summed E-state index contributed by atoms with van der Waals surface area (Å²) in [5.41, 5.74) is 0.915. The number of hydrogen-bond acceptors (Lipinski definition) is 3. The Morgan fingerprint density at radius 1 is 1.30 bits per heavy atom. The van der Waals surface area contributed by atoms with Crippen LogP contribution < -0.4 is 0 Å². The van der Waals surface area contributed by atoms with Gasteiger partial charge in [0.15, 0.2) is 5.78 Å². The van der Waals surface area contributed by atoms with Gasteiger partial charge in [0.05, 0.1) is 11.1 Å². The van der Waals surface area contributed by atoms with E-state index in [2.05, 4.69) is 4.98 Å². The molecule has 0 aliphatic carbocycles. The van der Waals surface area contributed by atoms with Crippen LogP contribution in [0.15, 0.2) is 54.4 Å². The summed E-state index contributed by atoms with van der Waals surface area (Å²) in [5.74, 6) is -0.361. The number of fused-ring (bicyclic) bond motifs is 1. The molecule has 3 aromatic rings. The highest BCUT2D eigenvalue weighted by molar-refractivity contribution is 6.03. The van der Waals surface area contributed by atoms with E-state index in [0.717, 1.165) is 12.1 Å². The Hall–Kier alpha value is -3.40. The van der Waals surface area contributed by atoms with Gasteiger partial charge in [0.2, 0.25) is 0 Å². The van der Waals surface area contributed by atoms with E-state index in [9.17, 15) is 18.0 Å². The fraction of sp³-hybridized carbons (Fsp3) is 0.150. The number of alkyl halides is 3. The van der Waals surface area contributed by atoms with Gasteiger partial charge in [0.1, 0.15) is 11.7 Å². The molecule has 3 rings (SSSR count). The summed E-state index contributed by atoms with van der Waals surface area (Å²) in [6.45, 7) is 1.47. The van der Waals surface area contributed by atoms with Gasteiger partial charge in [-0.25, -0.2) is 4.98 Å². The second-order valence-electron chi connectivity index (χ2n) is 6.01. The third-order valence-electron chi connectivity index (χ3n) is 4.07. The minimum absolute atomic E-state index is 0.00280. The van der Waals surface area contributed by atoms with Gasteiger partial charge in [0.25, 0.3) is 0 Å². The van der Waals surface area contributed by atoms with E-state index in [-0.39, 0.29) is 17.9 Å².